The Balaban J connectivity index is 1.33. The average molecular weight is 605 g/mol. The van der Waals surface area contributed by atoms with E-state index in [0.717, 1.165) is 18.7 Å². The molecule has 1 aliphatic carbocycles. The van der Waals surface area contributed by atoms with Gasteiger partial charge in [-0.2, -0.15) is 13.2 Å². The monoisotopic (exact) mass is 604 g/mol. The summed E-state index contributed by atoms with van der Waals surface area (Å²) in [6.07, 6.45) is -0.884. The van der Waals surface area contributed by atoms with Gasteiger partial charge in [0.05, 0.1) is 23.7 Å². The van der Waals surface area contributed by atoms with E-state index in [1.807, 2.05) is 18.2 Å². The minimum atomic E-state index is -4.52. The van der Waals surface area contributed by atoms with Crippen LogP contribution < -0.4 is 10.1 Å². The van der Waals surface area contributed by atoms with Crippen molar-refractivity contribution in [1.29, 1.82) is 0 Å². The quantitative estimate of drug-likeness (QED) is 0.469. The number of hydrogen-bond acceptors (Lipinski definition) is 7. The summed E-state index contributed by atoms with van der Waals surface area (Å²) in [7, 11) is 3.32. The third kappa shape index (κ3) is 7.30. The van der Waals surface area contributed by atoms with Gasteiger partial charge < -0.3 is 29.3 Å². The molecule has 1 aromatic carbocycles. The predicted molar refractivity (Wildman–Crippen MR) is 151 cm³/mol. The van der Waals surface area contributed by atoms with Crippen LogP contribution in [-0.4, -0.2) is 91.9 Å². The Morgan fingerprint density at radius 1 is 1.23 bits per heavy atom. The van der Waals surface area contributed by atoms with E-state index in [9.17, 15) is 22.8 Å². The first kappa shape index (κ1) is 31.2. The normalized spacial score (nSPS) is 25.7. The van der Waals surface area contributed by atoms with Crippen LogP contribution in [0, 0.1) is 5.41 Å². The fourth-order valence-corrected chi connectivity index (χ4v) is 6.52. The number of rotatable bonds is 9. The fourth-order valence-electron chi connectivity index (χ4n) is 6.52. The molecule has 1 saturated heterocycles. The molecule has 3 aliphatic rings. The van der Waals surface area contributed by atoms with Crippen molar-refractivity contribution in [3.63, 3.8) is 0 Å². The standard InChI is InChI=1S/C31H39F3N4O5/c1-37(28(39)19-43-24-6-4-3-5-7-24)20-30(11-8-23(15-30)36-26-10-13-42-18-27(26)41-2)29(40)38-12-9-25-21(17-38)14-22(16-35-25)31(32,33)34/h3-7,14,16,23,26-27,36H,8-13,15,17-20H2,1-2H3/t23?,26?,27?,30-/m0/s1. The van der Waals surface area contributed by atoms with Crippen LogP contribution in [0.15, 0.2) is 42.6 Å². The Bertz CT molecular complexity index is 1280. The van der Waals surface area contributed by atoms with Crippen molar-refractivity contribution in [3.8, 4) is 5.75 Å². The van der Waals surface area contributed by atoms with Gasteiger partial charge in [-0.15, -0.1) is 0 Å². The number of pyridine rings is 1. The van der Waals surface area contributed by atoms with E-state index < -0.39 is 17.2 Å². The Kier molecular flexibility index (Phi) is 9.57. The molecule has 0 spiro atoms. The molecule has 2 aromatic rings. The van der Waals surface area contributed by atoms with E-state index in [2.05, 4.69) is 10.3 Å². The van der Waals surface area contributed by atoms with Gasteiger partial charge in [0.1, 0.15) is 5.75 Å². The van der Waals surface area contributed by atoms with Crippen molar-refractivity contribution in [2.24, 2.45) is 5.41 Å². The lowest BCUT2D eigenvalue weighted by molar-refractivity contribution is -0.146. The predicted octanol–water partition coefficient (Wildman–Crippen LogP) is 3.45. The maximum atomic E-state index is 14.4. The lowest BCUT2D eigenvalue weighted by Gasteiger charge is -2.39. The van der Waals surface area contributed by atoms with Crippen LogP contribution in [0.2, 0.25) is 0 Å². The van der Waals surface area contributed by atoms with Crippen LogP contribution in [0.4, 0.5) is 13.2 Å². The molecule has 2 aliphatic heterocycles. The summed E-state index contributed by atoms with van der Waals surface area (Å²) in [4.78, 5) is 34.7. The van der Waals surface area contributed by atoms with Crippen molar-refractivity contribution in [3.05, 3.63) is 59.4 Å². The first-order chi connectivity index (χ1) is 20.6. The fraction of sp³-hybridized carbons (Fsp3) is 0.581. The number of carbonyl (C=O) groups excluding carboxylic acids is 2. The van der Waals surface area contributed by atoms with Crippen LogP contribution >= 0.6 is 0 Å². The number of nitrogens with one attached hydrogen (secondary N) is 1. The summed E-state index contributed by atoms with van der Waals surface area (Å²) in [6, 6.07) is 10.2. The number of halogens is 3. The molecule has 12 heteroatoms. The largest absolute Gasteiger partial charge is 0.484 e. The number of likely N-dealkylation sites (N-methyl/N-ethyl adjacent to an activating group) is 1. The van der Waals surface area contributed by atoms with Crippen LogP contribution in [0.3, 0.4) is 0 Å². The molecule has 2 fully saturated rings. The molecule has 43 heavy (non-hydrogen) atoms. The number of ether oxygens (including phenoxy) is 3. The van der Waals surface area contributed by atoms with Crippen molar-refractivity contribution >= 4 is 11.8 Å². The Morgan fingerprint density at radius 3 is 2.77 bits per heavy atom. The second-order valence-corrected chi connectivity index (χ2v) is 11.8. The highest BCUT2D eigenvalue weighted by Crippen LogP contribution is 2.42. The summed E-state index contributed by atoms with van der Waals surface area (Å²) in [5.41, 5.74) is -0.751. The maximum Gasteiger partial charge on any atom is 0.417 e. The van der Waals surface area contributed by atoms with Gasteiger partial charge in [-0.1, -0.05) is 18.2 Å². The van der Waals surface area contributed by atoms with Crippen LogP contribution in [-0.2, 0) is 38.2 Å². The number of para-hydroxylation sites is 1. The number of hydrogen-bond donors (Lipinski definition) is 1. The Labute approximate surface area is 249 Å². The second-order valence-electron chi connectivity index (χ2n) is 11.8. The van der Waals surface area contributed by atoms with Crippen molar-refractivity contribution < 1.29 is 37.0 Å². The van der Waals surface area contributed by atoms with Gasteiger partial charge in [0.25, 0.3) is 5.91 Å². The number of nitrogens with zero attached hydrogens (tertiary/aromatic N) is 3. The minimum Gasteiger partial charge on any atom is -0.484 e. The molecule has 1 N–H and O–H groups in total. The average Bonchev–Trinajstić information content (AvgIpc) is 3.42. The first-order valence-electron chi connectivity index (χ1n) is 14.7. The zero-order valence-electron chi connectivity index (χ0n) is 24.6. The molecule has 1 saturated carbocycles. The molecule has 0 bridgehead atoms. The minimum absolute atomic E-state index is 0.00402. The summed E-state index contributed by atoms with van der Waals surface area (Å²) in [5, 5.41) is 3.68. The molecule has 3 unspecified atom stereocenters. The van der Waals surface area contributed by atoms with E-state index >= 15 is 0 Å². The highest BCUT2D eigenvalue weighted by Gasteiger charge is 2.49. The van der Waals surface area contributed by atoms with E-state index in [1.165, 1.54) is 4.90 Å². The number of fused-ring (bicyclic) bond motifs is 1. The molecule has 1 aromatic heterocycles. The lowest BCUT2D eigenvalue weighted by atomic mass is 9.82. The molecule has 4 atom stereocenters. The summed E-state index contributed by atoms with van der Waals surface area (Å²) in [5.74, 6) is 0.154. The smallest absolute Gasteiger partial charge is 0.417 e. The van der Waals surface area contributed by atoms with Gasteiger partial charge in [-0.05, 0) is 49.4 Å². The van der Waals surface area contributed by atoms with Gasteiger partial charge in [-0.3, -0.25) is 14.6 Å². The zero-order chi connectivity index (χ0) is 30.6. The highest BCUT2D eigenvalue weighted by atomic mass is 19.4. The number of amides is 2. The molecule has 3 heterocycles. The third-order valence-electron chi connectivity index (χ3n) is 8.84. The number of aromatic nitrogens is 1. The SMILES string of the molecule is COC1COCCC1NC1CC[C@](CN(C)C(=O)COc2ccccc2)(C(=O)N2CCc3ncc(C(F)(F)F)cc3C2)C1. The molecule has 234 valence electrons. The highest BCUT2D eigenvalue weighted by molar-refractivity contribution is 5.85. The molecule has 5 rings (SSSR count). The number of alkyl halides is 3. The molecular weight excluding hydrogens is 565 g/mol. The number of methoxy groups -OCH3 is 1. The Hall–Kier alpha value is -3.22. The van der Waals surface area contributed by atoms with Gasteiger partial charge in [0.15, 0.2) is 6.61 Å². The van der Waals surface area contributed by atoms with Gasteiger partial charge in [0, 0.05) is 70.8 Å². The second kappa shape index (κ2) is 13.2. The van der Waals surface area contributed by atoms with Gasteiger partial charge in [0.2, 0.25) is 5.91 Å². The topological polar surface area (TPSA) is 93.2 Å². The number of carbonyl (C=O) groups is 2. The first-order valence-corrected chi connectivity index (χ1v) is 14.7. The summed E-state index contributed by atoms with van der Waals surface area (Å²) in [6.45, 7) is 1.51. The van der Waals surface area contributed by atoms with Crippen molar-refractivity contribution in [2.45, 2.75) is 63.0 Å². The zero-order valence-corrected chi connectivity index (χ0v) is 24.6. The van der Waals surface area contributed by atoms with Crippen LogP contribution in [0.25, 0.3) is 0 Å². The summed E-state index contributed by atoms with van der Waals surface area (Å²) < 4.78 is 57.1. The molecular formula is C31H39F3N4O5. The van der Waals surface area contributed by atoms with E-state index in [-0.39, 0.29) is 49.7 Å². The summed E-state index contributed by atoms with van der Waals surface area (Å²) >= 11 is 0. The Morgan fingerprint density at radius 2 is 2.02 bits per heavy atom. The number of benzene rings is 1. The van der Waals surface area contributed by atoms with Crippen molar-refractivity contribution in [1.82, 2.24) is 20.1 Å². The molecule has 2 amide bonds. The van der Waals surface area contributed by atoms with E-state index in [0.29, 0.717) is 62.4 Å². The van der Waals surface area contributed by atoms with Gasteiger partial charge >= 0.3 is 6.18 Å². The molecule has 0 radical (unpaired) electrons. The lowest BCUT2D eigenvalue weighted by Crippen LogP contribution is -2.53. The third-order valence-corrected chi connectivity index (χ3v) is 8.84. The van der Waals surface area contributed by atoms with Crippen molar-refractivity contribution in [2.75, 3.05) is 47.1 Å². The van der Waals surface area contributed by atoms with E-state index in [4.69, 9.17) is 14.2 Å². The van der Waals surface area contributed by atoms with Crippen LogP contribution in [0.5, 0.6) is 5.75 Å². The van der Waals surface area contributed by atoms with E-state index in [1.54, 1.807) is 31.2 Å². The van der Waals surface area contributed by atoms with Gasteiger partial charge in [-0.25, -0.2) is 0 Å². The molecule has 9 nitrogen and oxygen atoms in total. The maximum absolute atomic E-state index is 14.4. The van der Waals surface area contributed by atoms with Crippen LogP contribution in [0.1, 0.15) is 42.5 Å².